The molecule has 0 aromatic heterocycles. The minimum absolute atomic E-state index is 0.0227. The quantitative estimate of drug-likeness (QED) is 0.200. The maximum absolute atomic E-state index is 14.6. The van der Waals surface area contributed by atoms with Crippen LogP contribution in [0.4, 0.5) is 0 Å². The van der Waals surface area contributed by atoms with Crippen molar-refractivity contribution in [2.45, 2.75) is 0 Å². The highest BCUT2D eigenvalue weighted by Gasteiger charge is 2.34. The van der Waals surface area contributed by atoms with Crippen molar-refractivity contribution in [2.24, 2.45) is 0 Å². The van der Waals surface area contributed by atoms with Crippen molar-refractivity contribution in [1.29, 1.82) is 0 Å². The molecule has 2 heterocycles. The van der Waals surface area contributed by atoms with Crippen LogP contribution >= 0.6 is 31.9 Å². The molecule has 3 aliphatic rings. The monoisotopic (exact) mass is 670 g/mol. The highest BCUT2D eigenvalue weighted by molar-refractivity contribution is 9.10. The van der Waals surface area contributed by atoms with E-state index in [1.807, 2.05) is 85.3 Å². The van der Waals surface area contributed by atoms with E-state index in [0.717, 1.165) is 64.8 Å². The van der Waals surface area contributed by atoms with E-state index in [4.69, 9.17) is 0 Å². The Kier molecular flexibility index (Phi) is 6.98. The van der Waals surface area contributed by atoms with Gasteiger partial charge in [-0.05, 0) is 106 Å². The highest BCUT2D eigenvalue weighted by atomic mass is 79.9. The van der Waals surface area contributed by atoms with Crippen LogP contribution in [-0.2, 0) is 0 Å². The number of allylic oxidation sites excluding steroid dienone is 8. The molecule has 0 amide bonds. The second-order valence-electron chi connectivity index (χ2n) is 10.2. The number of halogens is 2. The molecule has 0 saturated carbocycles. The van der Waals surface area contributed by atoms with Crippen molar-refractivity contribution >= 4 is 49.0 Å². The van der Waals surface area contributed by atoms with E-state index in [9.17, 15) is 4.79 Å². The predicted molar refractivity (Wildman–Crippen MR) is 180 cm³/mol. The molecule has 0 bridgehead atoms. The van der Waals surface area contributed by atoms with Gasteiger partial charge in [-0.2, -0.15) is 0 Å². The summed E-state index contributed by atoms with van der Waals surface area (Å²) in [6, 6.07) is 25.2. The second-order valence-corrected chi connectivity index (χ2v) is 12.0. The van der Waals surface area contributed by atoms with Crippen LogP contribution in [0.25, 0.3) is 44.8 Å². The fourth-order valence-corrected chi connectivity index (χ4v) is 6.14. The molecule has 4 aromatic carbocycles. The smallest absolute Gasteiger partial charge is 0.195 e. The van der Waals surface area contributed by atoms with Crippen LogP contribution in [0.15, 0.2) is 143 Å². The van der Waals surface area contributed by atoms with Gasteiger partial charge in [0.15, 0.2) is 5.78 Å². The molecule has 0 unspecified atom stereocenters. The summed E-state index contributed by atoms with van der Waals surface area (Å²) in [5.74, 6) is 0.0227. The largest absolute Gasteiger partial charge is 0.361 e. The number of carbonyl (C=O) groups excluding carboxylic acids is 1. The zero-order valence-electron chi connectivity index (χ0n) is 22.4. The number of ketones is 1. The van der Waals surface area contributed by atoms with E-state index < -0.39 is 0 Å². The molecule has 5 heteroatoms. The number of hydrogen-bond acceptors (Lipinski definition) is 3. The third kappa shape index (κ3) is 4.85. The molecule has 0 saturated heterocycles. The lowest BCUT2D eigenvalue weighted by Crippen LogP contribution is -2.11. The normalized spacial score (nSPS) is 14.8. The van der Waals surface area contributed by atoms with Gasteiger partial charge in [-0.1, -0.05) is 80.4 Å². The first-order valence-electron chi connectivity index (χ1n) is 13.6. The standard InChI is InChI=1S/C37H24Br2N2O/c38-27-13-9-23(10-14-27)25-19-29-30-20-26(24-11-15-28(39)16-12-24)22-32(34-8-4-2-6-18-41-34)36(30)37(42)35(29)31(21-25)33-7-3-1-5-17-40-33/h1-22,40-41H. The minimum atomic E-state index is 0.0227. The Morgan fingerprint density at radius 1 is 0.452 bits per heavy atom. The highest BCUT2D eigenvalue weighted by Crippen LogP contribution is 2.47. The minimum Gasteiger partial charge on any atom is -0.361 e. The summed E-state index contributed by atoms with van der Waals surface area (Å²) >= 11 is 7.13. The van der Waals surface area contributed by atoms with Gasteiger partial charge in [-0.25, -0.2) is 0 Å². The van der Waals surface area contributed by atoms with E-state index >= 15 is 0 Å². The topological polar surface area (TPSA) is 41.1 Å². The van der Waals surface area contributed by atoms with E-state index in [1.165, 1.54) is 0 Å². The summed E-state index contributed by atoms with van der Waals surface area (Å²) in [4.78, 5) is 14.6. The van der Waals surface area contributed by atoms with Crippen LogP contribution < -0.4 is 10.6 Å². The fourth-order valence-electron chi connectivity index (χ4n) is 5.62. The van der Waals surface area contributed by atoms with Crippen LogP contribution in [0, 0.1) is 0 Å². The lowest BCUT2D eigenvalue weighted by molar-refractivity contribution is 0.104. The molecule has 7 rings (SSSR count). The Morgan fingerprint density at radius 3 is 1.29 bits per heavy atom. The molecule has 42 heavy (non-hydrogen) atoms. The molecule has 2 aliphatic heterocycles. The van der Waals surface area contributed by atoms with Gasteiger partial charge in [0, 0.05) is 55.0 Å². The van der Waals surface area contributed by atoms with Crippen molar-refractivity contribution in [2.75, 3.05) is 0 Å². The number of fused-ring (bicyclic) bond motifs is 3. The lowest BCUT2D eigenvalue weighted by atomic mass is 9.91. The maximum atomic E-state index is 14.6. The van der Waals surface area contributed by atoms with Gasteiger partial charge in [-0.3, -0.25) is 4.79 Å². The van der Waals surface area contributed by atoms with Crippen LogP contribution in [0.5, 0.6) is 0 Å². The third-order valence-corrected chi connectivity index (χ3v) is 8.65. The van der Waals surface area contributed by atoms with Crippen molar-refractivity contribution in [1.82, 2.24) is 10.6 Å². The Hall–Kier alpha value is -4.45. The summed E-state index contributed by atoms with van der Waals surface area (Å²) in [5.41, 5.74) is 11.1. The van der Waals surface area contributed by atoms with Crippen LogP contribution in [0.2, 0.25) is 0 Å². The molecule has 3 nitrogen and oxygen atoms in total. The van der Waals surface area contributed by atoms with E-state index in [-0.39, 0.29) is 5.78 Å². The van der Waals surface area contributed by atoms with Gasteiger partial charge in [-0.15, -0.1) is 0 Å². The Balaban J connectivity index is 1.52. The molecular formula is C37H24Br2N2O. The van der Waals surface area contributed by atoms with E-state index in [0.29, 0.717) is 11.1 Å². The summed E-state index contributed by atoms with van der Waals surface area (Å²) in [6.45, 7) is 0. The van der Waals surface area contributed by atoms with Gasteiger partial charge in [0.25, 0.3) is 0 Å². The molecule has 0 fully saturated rings. The number of nitrogens with one attached hydrogen (secondary N) is 2. The van der Waals surface area contributed by atoms with Crippen molar-refractivity contribution < 1.29 is 4.79 Å². The Labute approximate surface area is 261 Å². The molecule has 202 valence electrons. The summed E-state index contributed by atoms with van der Waals surface area (Å²) in [7, 11) is 0. The molecule has 1 aliphatic carbocycles. The van der Waals surface area contributed by atoms with Gasteiger partial charge >= 0.3 is 0 Å². The van der Waals surface area contributed by atoms with Crippen LogP contribution in [0.1, 0.15) is 27.0 Å². The van der Waals surface area contributed by atoms with Gasteiger partial charge in [0.2, 0.25) is 0 Å². The Bertz CT molecular complexity index is 1800. The molecule has 0 radical (unpaired) electrons. The lowest BCUT2D eigenvalue weighted by Gasteiger charge is -2.15. The number of carbonyl (C=O) groups is 1. The molecule has 0 atom stereocenters. The summed E-state index contributed by atoms with van der Waals surface area (Å²) in [6.07, 6.45) is 19.7. The number of benzene rings is 4. The van der Waals surface area contributed by atoms with E-state index in [2.05, 4.69) is 91.0 Å². The van der Waals surface area contributed by atoms with Crippen molar-refractivity contribution in [3.63, 3.8) is 0 Å². The molecular weight excluding hydrogens is 648 g/mol. The molecule has 0 spiro atoms. The van der Waals surface area contributed by atoms with Crippen LogP contribution in [0.3, 0.4) is 0 Å². The van der Waals surface area contributed by atoms with Crippen molar-refractivity contribution in [3.05, 3.63) is 165 Å². The summed E-state index contributed by atoms with van der Waals surface area (Å²) < 4.78 is 2.04. The SMILES string of the molecule is O=C1c2c(C3=CC=CC=CN3)cc(-c3ccc(Br)cc3)cc2-c2cc(-c3ccc(Br)cc3)cc(C3=CC=CC=CN3)c21. The average Bonchev–Trinajstić information content (AvgIpc) is 3.31. The van der Waals surface area contributed by atoms with Crippen molar-refractivity contribution in [3.8, 4) is 33.4 Å². The second kappa shape index (κ2) is 11.1. The first-order valence-corrected chi connectivity index (χ1v) is 15.2. The number of hydrogen-bond donors (Lipinski definition) is 2. The van der Waals surface area contributed by atoms with Gasteiger partial charge in [0.1, 0.15) is 0 Å². The van der Waals surface area contributed by atoms with Gasteiger partial charge < -0.3 is 10.6 Å². The van der Waals surface area contributed by atoms with Crippen LogP contribution in [-0.4, -0.2) is 5.78 Å². The Morgan fingerprint density at radius 2 is 0.857 bits per heavy atom. The molecule has 4 aromatic rings. The molecule has 2 N–H and O–H groups in total. The zero-order chi connectivity index (χ0) is 28.6. The predicted octanol–water partition coefficient (Wildman–Crippen LogP) is 9.78. The first kappa shape index (κ1) is 26.4. The summed E-state index contributed by atoms with van der Waals surface area (Å²) in [5, 5.41) is 6.81. The first-order chi connectivity index (χ1) is 20.6. The average molecular weight is 672 g/mol. The zero-order valence-corrected chi connectivity index (χ0v) is 25.5. The fraction of sp³-hybridized carbons (Fsp3) is 0. The maximum Gasteiger partial charge on any atom is 0.195 e. The van der Waals surface area contributed by atoms with Gasteiger partial charge in [0.05, 0.1) is 0 Å². The number of rotatable bonds is 4. The third-order valence-electron chi connectivity index (χ3n) is 7.60. The van der Waals surface area contributed by atoms with E-state index in [1.54, 1.807) is 0 Å².